The van der Waals surface area contributed by atoms with Gasteiger partial charge in [-0.2, -0.15) is 0 Å². The molecule has 0 fully saturated rings. The smallest absolute Gasteiger partial charge is 1.00 e. The van der Waals surface area contributed by atoms with Crippen LogP contribution in [0, 0.1) is 0 Å². The van der Waals surface area contributed by atoms with Crippen LogP contribution in [-0.4, -0.2) is 9.97 Å². The monoisotopic (exact) mass is 478 g/mol. The molecule has 4 aromatic rings. The van der Waals surface area contributed by atoms with Crippen molar-refractivity contribution >= 4 is 23.3 Å². The van der Waals surface area contributed by atoms with E-state index < -0.39 is 19.2 Å². The largest absolute Gasteiger partial charge is 1.00 e. The van der Waals surface area contributed by atoms with Crippen LogP contribution in [-0.2, 0) is 19.2 Å². The Hall–Kier alpha value is -2.23. The first kappa shape index (κ1) is 22.0. The summed E-state index contributed by atoms with van der Waals surface area (Å²) >= 11 is -0.406. The zero-order chi connectivity index (χ0) is 19.2. The van der Waals surface area contributed by atoms with Crippen molar-refractivity contribution in [2.45, 2.75) is 8.45 Å². The number of rotatable bonds is 4. The van der Waals surface area contributed by atoms with Gasteiger partial charge in [-0.1, -0.05) is 0 Å². The molecule has 2 heterocycles. The third-order valence-corrected chi connectivity index (χ3v) is 8.99. The Kier molecular flexibility index (Phi) is 6.45. The minimum atomic E-state index is -0.406. The molecule has 0 spiro atoms. The summed E-state index contributed by atoms with van der Waals surface area (Å²) in [5.41, 5.74) is 11.2. The molecule has 2 unspecified atom stereocenters. The summed E-state index contributed by atoms with van der Waals surface area (Å²) in [7, 11) is 0. The quantitative estimate of drug-likeness (QED) is 0.396. The van der Waals surface area contributed by atoms with Crippen LogP contribution in [0.15, 0.2) is 85.2 Å². The van der Waals surface area contributed by atoms with Gasteiger partial charge in [0, 0.05) is 0 Å². The summed E-state index contributed by atoms with van der Waals surface area (Å²) in [5, 5.41) is 0. The predicted molar refractivity (Wildman–Crippen MR) is 116 cm³/mol. The molecule has 0 amide bonds. The van der Waals surface area contributed by atoms with Crippen molar-refractivity contribution in [3.63, 3.8) is 0 Å². The van der Waals surface area contributed by atoms with Crippen molar-refractivity contribution in [1.82, 2.24) is 9.97 Å². The first-order valence-electron chi connectivity index (χ1n) is 10.0. The van der Waals surface area contributed by atoms with E-state index >= 15 is 0 Å². The van der Waals surface area contributed by atoms with E-state index in [9.17, 15) is 0 Å². The van der Waals surface area contributed by atoms with Gasteiger partial charge in [-0.15, -0.1) is 0 Å². The van der Waals surface area contributed by atoms with Crippen LogP contribution in [0.5, 0.6) is 0 Å². The molecule has 31 heavy (non-hydrogen) atoms. The number of allylic oxidation sites excluding steroid dienone is 2. The van der Waals surface area contributed by atoms with Gasteiger partial charge < -0.3 is 24.8 Å². The molecule has 5 heteroatoms. The Bertz CT molecular complexity index is 1140. The molecule has 2 aliphatic rings. The van der Waals surface area contributed by atoms with Gasteiger partial charge in [0.15, 0.2) is 0 Å². The van der Waals surface area contributed by atoms with E-state index in [0.717, 1.165) is 0 Å². The topological polar surface area (TPSA) is 31.6 Å². The first-order chi connectivity index (χ1) is 14.4. The molecule has 2 aromatic carbocycles. The van der Waals surface area contributed by atoms with E-state index in [-0.39, 0.29) is 24.8 Å². The van der Waals surface area contributed by atoms with E-state index in [1.165, 1.54) is 44.8 Å². The number of H-pyrrole nitrogens is 2. The van der Waals surface area contributed by atoms with E-state index in [4.69, 9.17) is 0 Å². The average molecular weight is 479 g/mol. The number of halogens is 2. The second kappa shape index (κ2) is 9.10. The second-order valence-corrected chi connectivity index (χ2v) is 9.98. The maximum atomic E-state index is 3.46. The molecule has 152 valence electrons. The summed E-state index contributed by atoms with van der Waals surface area (Å²) in [6, 6.07) is 26.5. The number of hydrogen-bond donors (Lipinski definition) is 2. The van der Waals surface area contributed by atoms with Gasteiger partial charge >= 0.3 is 180 Å². The fraction of sp³-hybridized carbons (Fsp3) is 0.0769. The summed E-state index contributed by atoms with van der Waals surface area (Å²) in [6.45, 7) is 0. The molecular formula is C26H20Cl2N2Ti. The molecule has 0 saturated heterocycles. The van der Waals surface area contributed by atoms with Crippen molar-refractivity contribution in [3.8, 4) is 0 Å². The number of aromatic amines is 2. The fourth-order valence-electron chi connectivity index (χ4n) is 4.66. The standard InChI is InChI=1S/2C13H10N.2ClH.Ti/c2*1-2-5-11-9-12(8-10(11)4-1)13-6-3-7-14-13;;;/h2*1-9,14H;2*1H;/q;;;;+2/p-2. The number of hydrogen-bond acceptors (Lipinski definition) is 0. The van der Waals surface area contributed by atoms with Crippen LogP contribution in [0.25, 0.3) is 23.3 Å². The summed E-state index contributed by atoms with van der Waals surface area (Å²) in [4.78, 5) is 6.92. The van der Waals surface area contributed by atoms with Crippen molar-refractivity contribution in [2.75, 3.05) is 0 Å². The second-order valence-electron chi connectivity index (χ2n) is 7.66. The van der Waals surface area contributed by atoms with E-state index in [0.29, 0.717) is 8.45 Å². The molecule has 0 bridgehead atoms. The molecule has 2 atom stereocenters. The fourth-order valence-corrected chi connectivity index (χ4v) is 7.87. The van der Waals surface area contributed by atoms with Crippen LogP contribution in [0.4, 0.5) is 0 Å². The summed E-state index contributed by atoms with van der Waals surface area (Å²) in [6.07, 6.45) is 8.86. The van der Waals surface area contributed by atoms with Gasteiger partial charge in [0.1, 0.15) is 0 Å². The molecule has 2 nitrogen and oxygen atoms in total. The Morgan fingerprint density at radius 1 is 0.548 bits per heavy atom. The molecule has 2 N–H and O–H groups in total. The Morgan fingerprint density at radius 3 is 1.42 bits per heavy atom. The Balaban J connectivity index is 0.00000116. The molecule has 0 aliphatic heterocycles. The molecule has 0 radical (unpaired) electrons. The molecule has 2 aromatic heterocycles. The van der Waals surface area contributed by atoms with E-state index in [2.05, 4.69) is 94.9 Å². The summed E-state index contributed by atoms with van der Waals surface area (Å²) < 4.78 is 0.999. The normalized spacial score (nSPS) is 18.1. The Morgan fingerprint density at radius 2 is 1.00 bits per heavy atom. The minimum absolute atomic E-state index is 0. The maximum Gasteiger partial charge on any atom is -1.00 e. The number of fused-ring (bicyclic) bond motifs is 2. The van der Waals surface area contributed by atoms with Crippen LogP contribution in [0.1, 0.15) is 42.1 Å². The van der Waals surface area contributed by atoms with Gasteiger partial charge in [0.25, 0.3) is 0 Å². The maximum absolute atomic E-state index is 3.46. The van der Waals surface area contributed by atoms with Gasteiger partial charge in [0.2, 0.25) is 0 Å². The van der Waals surface area contributed by atoms with Crippen LogP contribution in [0.2, 0.25) is 0 Å². The molecule has 2 aliphatic carbocycles. The number of nitrogens with one attached hydrogen (secondary N) is 2. The van der Waals surface area contributed by atoms with Crippen molar-refractivity contribution < 1.29 is 44.0 Å². The third kappa shape index (κ3) is 3.79. The molecular weight excluding hydrogens is 459 g/mol. The van der Waals surface area contributed by atoms with Gasteiger partial charge in [-0.05, 0) is 0 Å². The zero-order valence-electron chi connectivity index (χ0n) is 16.6. The summed E-state index contributed by atoms with van der Waals surface area (Å²) in [5.74, 6) is 0. The van der Waals surface area contributed by atoms with Crippen LogP contribution >= 0.6 is 0 Å². The van der Waals surface area contributed by atoms with Crippen molar-refractivity contribution in [1.29, 1.82) is 0 Å². The van der Waals surface area contributed by atoms with Gasteiger partial charge in [-0.3, -0.25) is 0 Å². The molecule has 6 rings (SSSR count). The SMILES string of the molecule is C1=C(c2ccc[nH]2)[CH]([Ti+2][CH]2C(c3ccc[nH]3)=Cc3ccccc32)c2ccccc21.[Cl-].[Cl-]. The predicted octanol–water partition coefficient (Wildman–Crippen LogP) is 0.324. The number of aromatic nitrogens is 2. The van der Waals surface area contributed by atoms with E-state index in [1.807, 2.05) is 12.4 Å². The van der Waals surface area contributed by atoms with Crippen molar-refractivity contribution in [3.05, 3.63) is 119 Å². The van der Waals surface area contributed by atoms with Crippen LogP contribution in [0.3, 0.4) is 0 Å². The van der Waals surface area contributed by atoms with Crippen molar-refractivity contribution in [2.24, 2.45) is 0 Å². The molecule has 0 saturated carbocycles. The zero-order valence-corrected chi connectivity index (χ0v) is 19.7. The average Bonchev–Trinajstić information content (AvgIpc) is 3.55. The minimum Gasteiger partial charge on any atom is -1.00 e. The van der Waals surface area contributed by atoms with Crippen LogP contribution < -0.4 is 24.8 Å². The first-order valence-corrected chi connectivity index (χ1v) is 11.8. The van der Waals surface area contributed by atoms with Gasteiger partial charge in [0.05, 0.1) is 0 Å². The third-order valence-electron chi connectivity index (χ3n) is 6.01. The Labute approximate surface area is 203 Å². The number of benzene rings is 2. The van der Waals surface area contributed by atoms with E-state index in [1.54, 1.807) is 0 Å². The van der Waals surface area contributed by atoms with Gasteiger partial charge in [-0.25, -0.2) is 0 Å².